The van der Waals surface area contributed by atoms with E-state index < -0.39 is 0 Å². The van der Waals surface area contributed by atoms with E-state index in [1.807, 2.05) is 30.3 Å². The van der Waals surface area contributed by atoms with Gasteiger partial charge in [0.1, 0.15) is 0 Å². The Balaban J connectivity index is 2.05. The second-order valence-corrected chi connectivity index (χ2v) is 4.82. The first-order chi connectivity index (χ1) is 10.2. The zero-order valence-electron chi connectivity index (χ0n) is 12.4. The van der Waals surface area contributed by atoms with Gasteiger partial charge in [0.15, 0.2) is 0 Å². The molecule has 0 unspecified atom stereocenters. The minimum absolute atomic E-state index is 0.265. The van der Waals surface area contributed by atoms with E-state index in [1.165, 1.54) is 11.1 Å². The number of rotatable bonds is 5. The van der Waals surface area contributed by atoms with Gasteiger partial charge in [0, 0.05) is 18.0 Å². The van der Waals surface area contributed by atoms with Crippen molar-refractivity contribution in [2.24, 2.45) is 0 Å². The minimum Gasteiger partial charge on any atom is -0.463 e. The number of aromatic nitrogens is 1. The van der Waals surface area contributed by atoms with Crippen molar-refractivity contribution in [1.29, 1.82) is 0 Å². The van der Waals surface area contributed by atoms with Gasteiger partial charge < -0.3 is 4.74 Å². The summed E-state index contributed by atoms with van der Waals surface area (Å²) in [6.45, 7) is 3.97. The molecular weight excluding hydrogens is 262 g/mol. The predicted molar refractivity (Wildman–Crippen MR) is 83.8 cm³/mol. The van der Waals surface area contributed by atoms with E-state index in [1.54, 1.807) is 26.2 Å². The molecule has 3 nitrogen and oxygen atoms in total. The van der Waals surface area contributed by atoms with E-state index >= 15 is 0 Å². The van der Waals surface area contributed by atoms with Crippen LogP contribution in [0.25, 0.3) is 6.08 Å². The van der Waals surface area contributed by atoms with Crippen LogP contribution in [0.3, 0.4) is 0 Å². The van der Waals surface area contributed by atoms with Crippen LogP contribution in [0, 0.1) is 0 Å². The van der Waals surface area contributed by atoms with Gasteiger partial charge in [-0.1, -0.05) is 24.3 Å². The van der Waals surface area contributed by atoms with Crippen LogP contribution in [-0.4, -0.2) is 17.6 Å². The summed E-state index contributed by atoms with van der Waals surface area (Å²) in [6.07, 6.45) is 6.32. The second kappa shape index (κ2) is 7.39. The van der Waals surface area contributed by atoms with E-state index in [0.717, 1.165) is 12.0 Å². The van der Waals surface area contributed by atoms with Gasteiger partial charge in [0.2, 0.25) is 0 Å². The van der Waals surface area contributed by atoms with Gasteiger partial charge >= 0.3 is 5.97 Å². The molecule has 2 rings (SSSR count). The van der Waals surface area contributed by atoms with Gasteiger partial charge in [0.25, 0.3) is 0 Å². The largest absolute Gasteiger partial charge is 0.463 e. The summed E-state index contributed by atoms with van der Waals surface area (Å²) in [4.78, 5) is 15.6. The molecule has 0 spiro atoms. The van der Waals surface area contributed by atoms with Crippen molar-refractivity contribution in [1.82, 2.24) is 4.98 Å². The lowest BCUT2D eigenvalue weighted by molar-refractivity contribution is -0.138. The smallest absolute Gasteiger partial charge is 0.333 e. The lowest BCUT2D eigenvalue weighted by Crippen LogP contribution is -2.04. The fraction of sp³-hybridized carbons (Fsp3) is 0.222. The van der Waals surface area contributed by atoms with E-state index in [9.17, 15) is 4.79 Å². The molecule has 0 saturated carbocycles. The van der Waals surface area contributed by atoms with Crippen molar-refractivity contribution >= 4 is 12.0 Å². The second-order valence-electron chi connectivity index (χ2n) is 4.82. The highest BCUT2D eigenvalue weighted by Gasteiger charge is 2.04. The number of esters is 1. The first kappa shape index (κ1) is 15.0. The van der Waals surface area contributed by atoms with Crippen molar-refractivity contribution < 1.29 is 9.53 Å². The Hall–Kier alpha value is -2.42. The normalized spacial score (nSPS) is 11.2. The molecule has 1 aromatic carbocycles. The Morgan fingerprint density at radius 2 is 1.71 bits per heavy atom. The monoisotopic (exact) mass is 281 g/mol. The predicted octanol–water partition coefficient (Wildman–Crippen LogP) is 3.64. The molecule has 0 saturated heterocycles. The van der Waals surface area contributed by atoms with Gasteiger partial charge in [-0.3, -0.25) is 4.98 Å². The Kier molecular flexibility index (Phi) is 5.27. The van der Waals surface area contributed by atoms with E-state index in [2.05, 4.69) is 17.1 Å². The topological polar surface area (TPSA) is 39.2 Å². The van der Waals surface area contributed by atoms with E-state index in [0.29, 0.717) is 12.2 Å². The number of hydrogen-bond donors (Lipinski definition) is 0. The lowest BCUT2D eigenvalue weighted by atomic mass is 10.0. The lowest BCUT2D eigenvalue weighted by Gasteiger charge is -2.04. The van der Waals surface area contributed by atoms with Crippen LogP contribution in [0.4, 0.5) is 0 Å². The Bertz CT molecular complexity index is 615. The van der Waals surface area contributed by atoms with E-state index in [-0.39, 0.29) is 5.97 Å². The van der Waals surface area contributed by atoms with Gasteiger partial charge in [-0.05, 0) is 55.2 Å². The molecule has 0 amide bonds. The third-order valence-electron chi connectivity index (χ3n) is 3.12. The number of carbonyl (C=O) groups is 1. The fourth-order valence-corrected chi connectivity index (χ4v) is 2.02. The number of hydrogen-bond acceptors (Lipinski definition) is 3. The summed E-state index contributed by atoms with van der Waals surface area (Å²) in [6, 6.07) is 12.2. The van der Waals surface area contributed by atoms with Crippen molar-refractivity contribution in [3.05, 3.63) is 71.1 Å². The Morgan fingerprint density at radius 3 is 2.33 bits per heavy atom. The highest BCUT2D eigenvalue weighted by atomic mass is 16.5. The number of ether oxygens (including phenoxy) is 1. The molecule has 0 aliphatic heterocycles. The van der Waals surface area contributed by atoms with Crippen LogP contribution in [0.1, 0.15) is 30.5 Å². The number of carbonyl (C=O) groups excluding carboxylic acids is 1. The van der Waals surface area contributed by atoms with Crippen molar-refractivity contribution in [3.8, 4) is 0 Å². The maximum atomic E-state index is 11.6. The van der Waals surface area contributed by atoms with E-state index in [4.69, 9.17) is 4.74 Å². The zero-order chi connectivity index (χ0) is 15.1. The van der Waals surface area contributed by atoms with Gasteiger partial charge in [0.05, 0.1) is 6.61 Å². The first-order valence-electron chi connectivity index (χ1n) is 7.02. The molecule has 108 valence electrons. The molecule has 0 atom stereocenters. The standard InChI is InChI=1S/C18H19NO2/c1-3-21-18(20)14(2)12-15-4-6-16(7-5-15)13-17-8-10-19-11-9-17/h4-12H,3,13H2,1-2H3/b14-12+. The summed E-state index contributed by atoms with van der Waals surface area (Å²) in [5.41, 5.74) is 4.07. The number of nitrogens with zero attached hydrogens (tertiary/aromatic N) is 1. The molecule has 0 bridgehead atoms. The fourth-order valence-electron chi connectivity index (χ4n) is 2.02. The minimum atomic E-state index is -0.265. The maximum Gasteiger partial charge on any atom is 0.333 e. The number of pyridine rings is 1. The van der Waals surface area contributed by atoms with Crippen LogP contribution in [0.5, 0.6) is 0 Å². The highest BCUT2D eigenvalue weighted by molar-refractivity contribution is 5.92. The molecule has 0 aliphatic carbocycles. The van der Waals surface area contributed by atoms with Crippen molar-refractivity contribution in [3.63, 3.8) is 0 Å². The van der Waals surface area contributed by atoms with Gasteiger partial charge in [-0.2, -0.15) is 0 Å². The van der Waals surface area contributed by atoms with Crippen LogP contribution < -0.4 is 0 Å². The van der Waals surface area contributed by atoms with Crippen LogP contribution >= 0.6 is 0 Å². The molecule has 0 N–H and O–H groups in total. The third kappa shape index (κ3) is 4.56. The Morgan fingerprint density at radius 1 is 1.10 bits per heavy atom. The summed E-state index contributed by atoms with van der Waals surface area (Å²) < 4.78 is 4.97. The quantitative estimate of drug-likeness (QED) is 0.620. The van der Waals surface area contributed by atoms with Gasteiger partial charge in [-0.15, -0.1) is 0 Å². The first-order valence-corrected chi connectivity index (χ1v) is 7.02. The highest BCUT2D eigenvalue weighted by Crippen LogP contribution is 2.13. The summed E-state index contributed by atoms with van der Waals surface area (Å²) in [5, 5.41) is 0. The molecule has 1 heterocycles. The SMILES string of the molecule is CCOC(=O)/C(C)=C/c1ccc(Cc2ccncc2)cc1. The molecule has 2 aromatic rings. The third-order valence-corrected chi connectivity index (χ3v) is 3.12. The van der Waals surface area contributed by atoms with Crippen LogP contribution in [0.2, 0.25) is 0 Å². The van der Waals surface area contributed by atoms with Crippen LogP contribution in [-0.2, 0) is 16.0 Å². The van der Waals surface area contributed by atoms with Crippen molar-refractivity contribution in [2.45, 2.75) is 20.3 Å². The summed E-state index contributed by atoms with van der Waals surface area (Å²) >= 11 is 0. The summed E-state index contributed by atoms with van der Waals surface area (Å²) in [5.74, 6) is -0.265. The average Bonchev–Trinajstić information content (AvgIpc) is 2.50. The molecule has 0 fully saturated rings. The molecule has 3 heteroatoms. The van der Waals surface area contributed by atoms with Gasteiger partial charge in [-0.25, -0.2) is 4.79 Å². The molecular formula is C18H19NO2. The molecule has 1 aromatic heterocycles. The molecule has 0 aliphatic rings. The number of benzene rings is 1. The molecule has 21 heavy (non-hydrogen) atoms. The maximum absolute atomic E-state index is 11.6. The average molecular weight is 281 g/mol. The molecule has 0 radical (unpaired) electrons. The van der Waals surface area contributed by atoms with Crippen LogP contribution in [0.15, 0.2) is 54.4 Å². The Labute approximate surface area is 125 Å². The summed E-state index contributed by atoms with van der Waals surface area (Å²) in [7, 11) is 0. The zero-order valence-corrected chi connectivity index (χ0v) is 12.4. The van der Waals surface area contributed by atoms with Crippen molar-refractivity contribution in [2.75, 3.05) is 6.61 Å².